The SMILES string of the molecule is COc1ccc(/C=C/C(=O)OCC(=O)Nc2ccccc2SCC#N)cc1OC. The Bertz CT molecular complexity index is 937. The molecular formula is C21H20N2O5S. The van der Waals surface area contributed by atoms with Gasteiger partial charge in [-0.2, -0.15) is 5.26 Å². The maximum atomic E-state index is 12.1. The van der Waals surface area contributed by atoms with Crippen LogP contribution in [0.25, 0.3) is 6.08 Å². The molecule has 0 bridgehead atoms. The lowest BCUT2D eigenvalue weighted by atomic mass is 10.2. The molecule has 1 N–H and O–H groups in total. The molecule has 2 aromatic carbocycles. The molecule has 0 aliphatic rings. The summed E-state index contributed by atoms with van der Waals surface area (Å²) in [5.74, 6) is 0.264. The summed E-state index contributed by atoms with van der Waals surface area (Å²) in [4.78, 5) is 24.7. The third-order valence-corrected chi connectivity index (χ3v) is 4.56. The van der Waals surface area contributed by atoms with Gasteiger partial charge in [-0.25, -0.2) is 4.79 Å². The number of methoxy groups -OCH3 is 2. The minimum Gasteiger partial charge on any atom is -0.493 e. The molecule has 8 heteroatoms. The van der Waals surface area contributed by atoms with Gasteiger partial charge in [0.1, 0.15) is 0 Å². The standard InChI is InChI=1S/C21H20N2O5S/c1-26-17-9-7-15(13-18(17)27-2)8-10-21(25)28-14-20(24)23-16-5-3-4-6-19(16)29-12-11-22/h3-10,13H,12,14H2,1-2H3,(H,23,24)/b10-8+. The summed E-state index contributed by atoms with van der Waals surface area (Å²) in [6.07, 6.45) is 2.78. The van der Waals surface area contributed by atoms with Crippen molar-refractivity contribution in [1.82, 2.24) is 0 Å². The number of hydrogen-bond acceptors (Lipinski definition) is 7. The molecule has 29 heavy (non-hydrogen) atoms. The van der Waals surface area contributed by atoms with Gasteiger partial charge in [-0.3, -0.25) is 4.79 Å². The normalized spacial score (nSPS) is 10.2. The second-order valence-electron chi connectivity index (χ2n) is 5.55. The van der Waals surface area contributed by atoms with Crippen LogP contribution < -0.4 is 14.8 Å². The van der Waals surface area contributed by atoms with Gasteiger partial charge in [-0.1, -0.05) is 18.2 Å². The summed E-state index contributed by atoms with van der Waals surface area (Å²) in [6.45, 7) is -0.424. The molecule has 0 fully saturated rings. The highest BCUT2D eigenvalue weighted by atomic mass is 32.2. The molecule has 2 aromatic rings. The number of nitrogens with one attached hydrogen (secondary N) is 1. The molecule has 2 rings (SSSR count). The zero-order chi connectivity index (χ0) is 21.1. The molecule has 0 saturated heterocycles. The van der Waals surface area contributed by atoms with Gasteiger partial charge in [-0.05, 0) is 35.9 Å². The van der Waals surface area contributed by atoms with E-state index in [4.69, 9.17) is 19.5 Å². The summed E-state index contributed by atoms with van der Waals surface area (Å²) >= 11 is 1.31. The van der Waals surface area contributed by atoms with Crippen molar-refractivity contribution in [3.05, 3.63) is 54.1 Å². The summed E-state index contributed by atoms with van der Waals surface area (Å²) < 4.78 is 15.3. The molecule has 0 atom stereocenters. The Morgan fingerprint density at radius 2 is 1.90 bits per heavy atom. The molecule has 0 spiro atoms. The molecule has 0 heterocycles. The molecule has 1 amide bonds. The van der Waals surface area contributed by atoms with Crippen LogP contribution in [0.1, 0.15) is 5.56 Å². The maximum Gasteiger partial charge on any atom is 0.331 e. The van der Waals surface area contributed by atoms with Crippen LogP contribution in [0.15, 0.2) is 53.4 Å². The van der Waals surface area contributed by atoms with Crippen LogP contribution in [0.3, 0.4) is 0 Å². The highest BCUT2D eigenvalue weighted by Gasteiger charge is 2.09. The van der Waals surface area contributed by atoms with E-state index in [0.29, 0.717) is 22.7 Å². The van der Waals surface area contributed by atoms with Crippen LogP contribution in [0.5, 0.6) is 11.5 Å². The first kappa shape index (κ1) is 21.9. The van der Waals surface area contributed by atoms with E-state index in [-0.39, 0.29) is 5.75 Å². The summed E-state index contributed by atoms with van der Waals surface area (Å²) in [7, 11) is 3.06. The van der Waals surface area contributed by atoms with Gasteiger partial charge in [0.15, 0.2) is 18.1 Å². The largest absolute Gasteiger partial charge is 0.493 e. The molecule has 0 radical (unpaired) electrons. The Morgan fingerprint density at radius 1 is 1.14 bits per heavy atom. The van der Waals surface area contributed by atoms with Gasteiger partial charge >= 0.3 is 5.97 Å². The quantitative estimate of drug-likeness (QED) is 0.382. The second-order valence-corrected chi connectivity index (χ2v) is 6.56. The number of nitrogens with zero attached hydrogens (tertiary/aromatic N) is 1. The first-order valence-electron chi connectivity index (χ1n) is 8.53. The topological polar surface area (TPSA) is 97.6 Å². The lowest BCUT2D eigenvalue weighted by Gasteiger charge is -2.09. The van der Waals surface area contributed by atoms with Crippen LogP contribution in [-0.4, -0.2) is 38.5 Å². The molecule has 0 aliphatic carbocycles. The van der Waals surface area contributed by atoms with E-state index < -0.39 is 18.5 Å². The number of amides is 1. The zero-order valence-corrected chi connectivity index (χ0v) is 16.8. The minimum atomic E-state index is -0.651. The summed E-state index contributed by atoms with van der Waals surface area (Å²) in [6, 6.07) is 14.3. The number of anilines is 1. The molecule has 0 aromatic heterocycles. The third kappa shape index (κ3) is 6.90. The fraction of sp³-hybridized carbons (Fsp3) is 0.190. The number of ether oxygens (including phenoxy) is 3. The molecule has 0 aliphatic heterocycles. The minimum absolute atomic E-state index is 0.267. The lowest BCUT2D eigenvalue weighted by molar-refractivity contribution is -0.142. The van der Waals surface area contributed by atoms with Gasteiger partial charge in [0.05, 0.1) is 31.7 Å². The Hall–Kier alpha value is -3.44. The van der Waals surface area contributed by atoms with E-state index in [0.717, 1.165) is 4.90 Å². The number of esters is 1. The van der Waals surface area contributed by atoms with Crippen LogP contribution in [0.2, 0.25) is 0 Å². The number of carbonyl (C=O) groups excluding carboxylic acids is 2. The van der Waals surface area contributed by atoms with Crippen molar-refractivity contribution in [2.75, 3.05) is 31.9 Å². The van der Waals surface area contributed by atoms with E-state index in [2.05, 4.69) is 5.32 Å². The molecule has 150 valence electrons. The third-order valence-electron chi connectivity index (χ3n) is 3.62. The lowest BCUT2D eigenvalue weighted by Crippen LogP contribution is -2.20. The Morgan fingerprint density at radius 3 is 2.62 bits per heavy atom. The average molecular weight is 412 g/mol. The summed E-state index contributed by atoms with van der Waals surface area (Å²) in [5, 5.41) is 11.4. The average Bonchev–Trinajstić information content (AvgIpc) is 2.75. The van der Waals surface area contributed by atoms with Crippen LogP contribution >= 0.6 is 11.8 Å². The van der Waals surface area contributed by atoms with Gasteiger partial charge in [0, 0.05) is 11.0 Å². The van der Waals surface area contributed by atoms with Crippen molar-refractivity contribution in [3.63, 3.8) is 0 Å². The van der Waals surface area contributed by atoms with Crippen molar-refractivity contribution in [2.24, 2.45) is 0 Å². The van der Waals surface area contributed by atoms with Crippen molar-refractivity contribution in [2.45, 2.75) is 4.90 Å². The molecule has 0 saturated carbocycles. The number of hydrogen-bond donors (Lipinski definition) is 1. The van der Waals surface area contributed by atoms with Crippen LogP contribution in [0, 0.1) is 11.3 Å². The van der Waals surface area contributed by atoms with Crippen molar-refractivity contribution < 1.29 is 23.8 Å². The number of nitriles is 1. The van der Waals surface area contributed by atoms with E-state index in [9.17, 15) is 9.59 Å². The maximum absolute atomic E-state index is 12.1. The smallest absolute Gasteiger partial charge is 0.331 e. The van der Waals surface area contributed by atoms with E-state index in [1.165, 1.54) is 32.1 Å². The number of benzene rings is 2. The van der Waals surface area contributed by atoms with Gasteiger partial charge in [0.25, 0.3) is 5.91 Å². The van der Waals surface area contributed by atoms with Crippen molar-refractivity contribution in [1.29, 1.82) is 5.26 Å². The highest BCUT2D eigenvalue weighted by Crippen LogP contribution is 2.28. The fourth-order valence-corrected chi connectivity index (χ4v) is 2.97. The number of rotatable bonds is 9. The molecular weight excluding hydrogens is 392 g/mol. The first-order chi connectivity index (χ1) is 14.1. The molecule has 0 unspecified atom stereocenters. The fourth-order valence-electron chi connectivity index (χ4n) is 2.30. The van der Waals surface area contributed by atoms with Crippen molar-refractivity contribution in [3.8, 4) is 17.6 Å². The van der Waals surface area contributed by atoms with Gasteiger partial charge in [-0.15, -0.1) is 11.8 Å². The predicted octanol–water partition coefficient (Wildman–Crippen LogP) is 3.51. The number of carbonyl (C=O) groups is 2. The van der Waals surface area contributed by atoms with Crippen LogP contribution in [0.4, 0.5) is 5.69 Å². The van der Waals surface area contributed by atoms with E-state index in [1.807, 2.05) is 12.1 Å². The van der Waals surface area contributed by atoms with E-state index >= 15 is 0 Å². The monoisotopic (exact) mass is 412 g/mol. The molecule has 7 nitrogen and oxygen atoms in total. The zero-order valence-electron chi connectivity index (χ0n) is 16.0. The second kappa shape index (κ2) is 11.4. The number of thioether (sulfide) groups is 1. The van der Waals surface area contributed by atoms with Gasteiger partial charge < -0.3 is 19.5 Å². The van der Waals surface area contributed by atoms with Crippen molar-refractivity contribution >= 4 is 35.4 Å². The number of para-hydroxylation sites is 1. The highest BCUT2D eigenvalue weighted by molar-refractivity contribution is 7.99. The van der Waals surface area contributed by atoms with Crippen LogP contribution in [-0.2, 0) is 14.3 Å². The Kier molecular flexibility index (Phi) is 8.60. The Balaban J connectivity index is 1.89. The van der Waals surface area contributed by atoms with E-state index in [1.54, 1.807) is 42.5 Å². The Labute approximate surface area is 173 Å². The predicted molar refractivity (Wildman–Crippen MR) is 111 cm³/mol. The summed E-state index contributed by atoms with van der Waals surface area (Å²) in [5.41, 5.74) is 1.28. The first-order valence-corrected chi connectivity index (χ1v) is 9.51. The van der Waals surface area contributed by atoms with Gasteiger partial charge in [0.2, 0.25) is 0 Å².